The fourth-order valence-electron chi connectivity index (χ4n) is 2.89. The molecule has 0 saturated carbocycles. The molecule has 6 heteroatoms. The number of rotatable bonds is 7. The Balaban J connectivity index is 1.85. The number of carbonyl (C=O) groups excluding carboxylic acids is 1. The first-order valence-corrected chi connectivity index (χ1v) is 8.69. The molecule has 136 valence electrons. The van der Waals surface area contributed by atoms with E-state index in [0.717, 1.165) is 16.9 Å². The minimum absolute atomic E-state index is 0.111. The molecule has 1 heterocycles. The summed E-state index contributed by atoms with van der Waals surface area (Å²) in [5, 5.41) is 2.95. The summed E-state index contributed by atoms with van der Waals surface area (Å²) in [6, 6.07) is 15.3. The molecule has 3 aromatic rings. The molecule has 0 aliphatic heterocycles. The maximum Gasteiger partial charge on any atom is 0.244 e. The summed E-state index contributed by atoms with van der Waals surface area (Å²) in [4.78, 5) is 19.4. The second-order valence-electron chi connectivity index (χ2n) is 6.32. The Kier molecular flexibility index (Phi) is 5.53. The quantitative estimate of drug-likeness (QED) is 0.710. The number of nitrogens with one attached hydrogen (secondary N) is 1. The van der Waals surface area contributed by atoms with E-state index in [1.54, 1.807) is 0 Å². The minimum atomic E-state index is -0.111. The van der Waals surface area contributed by atoms with Crippen LogP contribution in [-0.4, -0.2) is 41.1 Å². The van der Waals surface area contributed by atoms with Crippen molar-refractivity contribution in [2.24, 2.45) is 0 Å². The van der Waals surface area contributed by atoms with Crippen molar-refractivity contribution in [3.63, 3.8) is 0 Å². The van der Waals surface area contributed by atoms with E-state index in [0.29, 0.717) is 24.6 Å². The summed E-state index contributed by atoms with van der Waals surface area (Å²) in [6.07, 6.45) is 0. The van der Waals surface area contributed by atoms with E-state index in [9.17, 15) is 4.79 Å². The van der Waals surface area contributed by atoms with Gasteiger partial charge in [-0.1, -0.05) is 24.3 Å². The lowest BCUT2D eigenvalue weighted by Gasteiger charge is -2.14. The molecule has 3 rings (SSSR count). The molecule has 2 aromatic carbocycles. The zero-order valence-corrected chi connectivity index (χ0v) is 15.4. The van der Waals surface area contributed by atoms with Crippen molar-refractivity contribution in [2.75, 3.05) is 26.0 Å². The van der Waals surface area contributed by atoms with E-state index in [4.69, 9.17) is 4.74 Å². The number of fused-ring (bicyclic) bond motifs is 1. The first kappa shape index (κ1) is 17.9. The van der Waals surface area contributed by atoms with Crippen LogP contribution >= 0.6 is 0 Å². The molecule has 0 unspecified atom stereocenters. The van der Waals surface area contributed by atoms with Gasteiger partial charge in [0.05, 0.1) is 29.9 Å². The molecule has 1 amide bonds. The molecule has 0 radical (unpaired) electrons. The highest BCUT2D eigenvalue weighted by Crippen LogP contribution is 2.24. The first-order valence-electron chi connectivity index (χ1n) is 8.69. The predicted molar refractivity (Wildman–Crippen MR) is 103 cm³/mol. The Labute approximate surface area is 153 Å². The average molecular weight is 352 g/mol. The first-order chi connectivity index (χ1) is 12.6. The number of imidazole rings is 1. The number of carbonyl (C=O) groups is 1. The van der Waals surface area contributed by atoms with Crippen molar-refractivity contribution < 1.29 is 9.53 Å². The number of benzene rings is 2. The zero-order valence-electron chi connectivity index (χ0n) is 15.4. The molecule has 1 aromatic heterocycles. The van der Waals surface area contributed by atoms with E-state index in [1.807, 2.05) is 79.0 Å². The Bertz CT molecular complexity index is 902. The zero-order chi connectivity index (χ0) is 18.5. The number of anilines is 1. The van der Waals surface area contributed by atoms with Crippen LogP contribution in [0.1, 0.15) is 12.7 Å². The molecule has 0 spiro atoms. The van der Waals surface area contributed by atoms with Gasteiger partial charge in [-0.05, 0) is 45.3 Å². The summed E-state index contributed by atoms with van der Waals surface area (Å²) in [5.41, 5.74) is 2.53. The lowest BCUT2D eigenvalue weighted by molar-refractivity contribution is -0.116. The van der Waals surface area contributed by atoms with Gasteiger partial charge in [-0.3, -0.25) is 4.79 Å². The minimum Gasteiger partial charge on any atom is -0.492 e. The molecular formula is C20H24N4O2. The van der Waals surface area contributed by atoms with Crippen molar-refractivity contribution in [3.8, 4) is 5.75 Å². The van der Waals surface area contributed by atoms with Crippen LogP contribution in [0.15, 0.2) is 48.5 Å². The van der Waals surface area contributed by atoms with Crippen LogP contribution in [0.2, 0.25) is 0 Å². The lowest BCUT2D eigenvalue weighted by Crippen LogP contribution is -2.22. The highest BCUT2D eigenvalue weighted by molar-refractivity contribution is 5.93. The van der Waals surface area contributed by atoms with Gasteiger partial charge < -0.3 is 19.5 Å². The van der Waals surface area contributed by atoms with Gasteiger partial charge in [0, 0.05) is 0 Å². The Morgan fingerprint density at radius 1 is 1.15 bits per heavy atom. The molecule has 6 nitrogen and oxygen atoms in total. The van der Waals surface area contributed by atoms with E-state index in [1.165, 1.54) is 0 Å². The number of hydrogen-bond acceptors (Lipinski definition) is 4. The van der Waals surface area contributed by atoms with E-state index in [-0.39, 0.29) is 12.5 Å². The van der Waals surface area contributed by atoms with Gasteiger partial charge in [-0.2, -0.15) is 0 Å². The molecule has 0 aliphatic carbocycles. The Morgan fingerprint density at radius 3 is 2.65 bits per heavy atom. The number of nitrogens with zero attached hydrogens (tertiary/aromatic N) is 3. The van der Waals surface area contributed by atoms with Crippen molar-refractivity contribution in [3.05, 3.63) is 54.4 Å². The highest BCUT2D eigenvalue weighted by atomic mass is 16.5. The van der Waals surface area contributed by atoms with Gasteiger partial charge in [0.2, 0.25) is 5.91 Å². The second-order valence-corrected chi connectivity index (χ2v) is 6.32. The number of ether oxygens (including phenoxy) is 1. The lowest BCUT2D eigenvalue weighted by atomic mass is 10.3. The maximum atomic E-state index is 12.7. The monoisotopic (exact) mass is 352 g/mol. The number of para-hydroxylation sites is 4. The third-order valence-electron chi connectivity index (χ3n) is 3.95. The standard InChI is InChI=1S/C20H24N4O2/c1-4-26-18-12-8-6-10-16(18)22-20(25)14-24-17-11-7-5-9-15(17)21-19(24)13-23(2)3/h5-12H,4,13-14H2,1-3H3,(H,22,25). The number of hydrogen-bond donors (Lipinski definition) is 1. The largest absolute Gasteiger partial charge is 0.492 e. The van der Waals surface area contributed by atoms with Gasteiger partial charge in [-0.15, -0.1) is 0 Å². The molecule has 0 fully saturated rings. The van der Waals surface area contributed by atoms with Crippen molar-refractivity contribution in [1.82, 2.24) is 14.5 Å². The second kappa shape index (κ2) is 8.01. The Morgan fingerprint density at radius 2 is 1.88 bits per heavy atom. The fraction of sp³-hybridized carbons (Fsp3) is 0.300. The van der Waals surface area contributed by atoms with Crippen LogP contribution in [0.3, 0.4) is 0 Å². The predicted octanol–water partition coefficient (Wildman–Crippen LogP) is 3.14. The molecule has 0 saturated heterocycles. The average Bonchev–Trinajstić information content (AvgIpc) is 2.93. The van der Waals surface area contributed by atoms with Crippen molar-refractivity contribution in [2.45, 2.75) is 20.0 Å². The summed E-state index contributed by atoms with van der Waals surface area (Å²) in [7, 11) is 3.98. The summed E-state index contributed by atoms with van der Waals surface area (Å²) in [5.74, 6) is 1.43. The van der Waals surface area contributed by atoms with Crippen LogP contribution < -0.4 is 10.1 Å². The molecular weight excluding hydrogens is 328 g/mol. The van der Waals surface area contributed by atoms with Crippen LogP contribution in [0.5, 0.6) is 5.75 Å². The smallest absolute Gasteiger partial charge is 0.244 e. The SMILES string of the molecule is CCOc1ccccc1NC(=O)Cn1c(CN(C)C)nc2ccccc21. The van der Waals surface area contributed by atoms with Gasteiger partial charge in [0.25, 0.3) is 0 Å². The summed E-state index contributed by atoms with van der Waals surface area (Å²) >= 11 is 0. The highest BCUT2D eigenvalue weighted by Gasteiger charge is 2.15. The maximum absolute atomic E-state index is 12.7. The van der Waals surface area contributed by atoms with Crippen LogP contribution in [-0.2, 0) is 17.9 Å². The van der Waals surface area contributed by atoms with E-state index >= 15 is 0 Å². The molecule has 26 heavy (non-hydrogen) atoms. The van der Waals surface area contributed by atoms with Crippen LogP contribution in [0.25, 0.3) is 11.0 Å². The van der Waals surface area contributed by atoms with E-state index < -0.39 is 0 Å². The number of aromatic nitrogens is 2. The van der Waals surface area contributed by atoms with E-state index in [2.05, 4.69) is 10.3 Å². The molecule has 0 aliphatic rings. The fourth-order valence-corrected chi connectivity index (χ4v) is 2.89. The van der Waals surface area contributed by atoms with Crippen LogP contribution in [0, 0.1) is 0 Å². The topological polar surface area (TPSA) is 59.4 Å². The van der Waals surface area contributed by atoms with Crippen LogP contribution in [0.4, 0.5) is 5.69 Å². The van der Waals surface area contributed by atoms with Crippen molar-refractivity contribution in [1.29, 1.82) is 0 Å². The van der Waals surface area contributed by atoms with Gasteiger partial charge >= 0.3 is 0 Å². The molecule has 1 N–H and O–H groups in total. The van der Waals surface area contributed by atoms with Gasteiger partial charge in [-0.25, -0.2) is 4.98 Å². The Hall–Kier alpha value is -2.86. The molecule has 0 atom stereocenters. The van der Waals surface area contributed by atoms with Crippen molar-refractivity contribution >= 4 is 22.6 Å². The summed E-state index contributed by atoms with van der Waals surface area (Å²) < 4.78 is 7.55. The number of amides is 1. The third kappa shape index (κ3) is 4.03. The summed E-state index contributed by atoms with van der Waals surface area (Å²) in [6.45, 7) is 3.33. The molecule has 0 bridgehead atoms. The normalized spacial score (nSPS) is 11.1. The van der Waals surface area contributed by atoms with Gasteiger partial charge in [0.15, 0.2) is 0 Å². The van der Waals surface area contributed by atoms with Gasteiger partial charge in [0.1, 0.15) is 18.1 Å². The third-order valence-corrected chi connectivity index (χ3v) is 3.95.